The van der Waals surface area contributed by atoms with Crippen molar-refractivity contribution in [2.75, 3.05) is 5.88 Å². The van der Waals surface area contributed by atoms with Crippen molar-refractivity contribution >= 4 is 37.6 Å². The summed E-state index contributed by atoms with van der Waals surface area (Å²) >= 11 is 9.04. The van der Waals surface area contributed by atoms with Gasteiger partial charge in [-0.1, -0.05) is 36.7 Å². The third-order valence-electron chi connectivity index (χ3n) is 2.86. The third-order valence-corrected chi connectivity index (χ3v) is 5.10. The van der Waals surface area contributed by atoms with Crippen molar-refractivity contribution in [1.29, 1.82) is 0 Å². The van der Waals surface area contributed by atoms with Crippen molar-refractivity contribution < 1.29 is 8.42 Å². The van der Waals surface area contributed by atoms with Crippen LogP contribution in [0.2, 0.25) is 0 Å². The maximum atomic E-state index is 12.3. The number of benzene rings is 1. The van der Waals surface area contributed by atoms with Crippen molar-refractivity contribution in [3.8, 4) is 0 Å². The van der Waals surface area contributed by atoms with E-state index in [0.29, 0.717) is 12.3 Å². The Bertz CT molecular complexity index is 508. The van der Waals surface area contributed by atoms with Gasteiger partial charge in [0.05, 0.1) is 4.90 Å². The van der Waals surface area contributed by atoms with E-state index in [-0.39, 0.29) is 16.4 Å². The number of sulfonamides is 1. The SMILES string of the molecule is CC(C)(C)C(CCCl)NS(=O)(=O)c1ccc(Br)cc1. The Kier molecular flexibility index (Phi) is 5.86. The highest BCUT2D eigenvalue weighted by Gasteiger charge is 2.29. The van der Waals surface area contributed by atoms with Gasteiger partial charge >= 0.3 is 0 Å². The van der Waals surface area contributed by atoms with Crippen LogP contribution in [0.15, 0.2) is 33.6 Å². The number of rotatable bonds is 5. The molecule has 0 amide bonds. The van der Waals surface area contributed by atoms with E-state index in [0.717, 1.165) is 4.47 Å². The van der Waals surface area contributed by atoms with Crippen LogP contribution in [0.1, 0.15) is 27.2 Å². The first-order valence-electron chi connectivity index (χ1n) is 6.00. The van der Waals surface area contributed by atoms with Gasteiger partial charge in [-0.2, -0.15) is 0 Å². The molecule has 108 valence electrons. The molecule has 6 heteroatoms. The Hall–Kier alpha value is -0.100. The van der Waals surface area contributed by atoms with Crippen LogP contribution >= 0.6 is 27.5 Å². The van der Waals surface area contributed by atoms with E-state index in [2.05, 4.69) is 20.7 Å². The lowest BCUT2D eigenvalue weighted by atomic mass is 9.86. The summed E-state index contributed by atoms with van der Waals surface area (Å²) < 4.78 is 28.2. The van der Waals surface area contributed by atoms with E-state index in [9.17, 15) is 8.42 Å². The molecular weight excluding hydrogens is 350 g/mol. The average Bonchev–Trinajstić information content (AvgIpc) is 2.27. The molecule has 0 aliphatic heterocycles. The second-order valence-electron chi connectivity index (χ2n) is 5.47. The molecule has 0 radical (unpaired) electrons. The third kappa shape index (κ3) is 5.06. The second kappa shape index (κ2) is 6.57. The molecule has 0 spiro atoms. The molecule has 1 unspecified atom stereocenters. The summed E-state index contributed by atoms with van der Waals surface area (Å²) in [6, 6.07) is 6.38. The van der Waals surface area contributed by atoms with Gasteiger partial charge < -0.3 is 0 Å². The molecule has 1 rings (SSSR count). The lowest BCUT2D eigenvalue weighted by molar-refractivity contribution is 0.292. The van der Waals surface area contributed by atoms with Crippen molar-refractivity contribution in [2.45, 2.75) is 38.1 Å². The molecule has 1 aromatic rings. The van der Waals surface area contributed by atoms with Crippen LogP contribution < -0.4 is 4.72 Å². The Labute approximate surface area is 128 Å². The van der Waals surface area contributed by atoms with E-state index in [1.165, 1.54) is 0 Å². The molecule has 0 bridgehead atoms. The van der Waals surface area contributed by atoms with E-state index in [1.807, 2.05) is 20.8 Å². The van der Waals surface area contributed by atoms with Crippen LogP contribution in [0, 0.1) is 5.41 Å². The molecule has 0 aliphatic carbocycles. The zero-order valence-electron chi connectivity index (χ0n) is 11.3. The van der Waals surface area contributed by atoms with Crippen LogP contribution in [0.4, 0.5) is 0 Å². The maximum absolute atomic E-state index is 12.3. The highest BCUT2D eigenvalue weighted by Crippen LogP contribution is 2.24. The normalized spacial score (nSPS) is 14.4. The number of hydrogen-bond donors (Lipinski definition) is 1. The van der Waals surface area contributed by atoms with Crippen molar-refractivity contribution in [3.63, 3.8) is 0 Å². The lowest BCUT2D eigenvalue weighted by Crippen LogP contribution is -2.43. The van der Waals surface area contributed by atoms with E-state index >= 15 is 0 Å². The molecule has 1 aromatic carbocycles. The molecule has 1 N–H and O–H groups in total. The summed E-state index contributed by atoms with van der Waals surface area (Å²) in [5, 5.41) is 0. The van der Waals surface area contributed by atoms with E-state index < -0.39 is 10.0 Å². The Morgan fingerprint density at radius 1 is 1.26 bits per heavy atom. The molecule has 3 nitrogen and oxygen atoms in total. The topological polar surface area (TPSA) is 46.2 Å². The summed E-state index contributed by atoms with van der Waals surface area (Å²) in [5.41, 5.74) is -0.183. The van der Waals surface area contributed by atoms with Gasteiger partial charge in [-0.3, -0.25) is 0 Å². The van der Waals surface area contributed by atoms with Gasteiger partial charge in [-0.05, 0) is 36.1 Å². The van der Waals surface area contributed by atoms with Crippen molar-refractivity contribution in [1.82, 2.24) is 4.72 Å². The standard InChI is InChI=1S/C13H19BrClNO2S/c1-13(2,3)12(8-9-15)16-19(17,18)11-6-4-10(14)5-7-11/h4-7,12,16H,8-9H2,1-3H3. The highest BCUT2D eigenvalue weighted by molar-refractivity contribution is 9.10. The molecule has 0 saturated heterocycles. The van der Waals surface area contributed by atoms with Gasteiger partial charge in [0.2, 0.25) is 10.0 Å². The van der Waals surface area contributed by atoms with Gasteiger partial charge in [0.25, 0.3) is 0 Å². The minimum atomic E-state index is -3.51. The Balaban J connectivity index is 2.97. The molecule has 0 saturated carbocycles. The average molecular weight is 369 g/mol. The molecular formula is C13H19BrClNO2S. The zero-order valence-corrected chi connectivity index (χ0v) is 14.4. The summed E-state index contributed by atoms with van der Waals surface area (Å²) in [5.74, 6) is 0.421. The zero-order chi connectivity index (χ0) is 14.7. The lowest BCUT2D eigenvalue weighted by Gasteiger charge is -2.30. The van der Waals surface area contributed by atoms with Crippen LogP contribution in [0.25, 0.3) is 0 Å². The smallest absolute Gasteiger partial charge is 0.208 e. The fourth-order valence-electron chi connectivity index (χ4n) is 1.65. The Morgan fingerprint density at radius 2 is 1.79 bits per heavy atom. The first-order valence-corrected chi connectivity index (χ1v) is 8.82. The largest absolute Gasteiger partial charge is 0.240 e. The van der Waals surface area contributed by atoms with Crippen LogP contribution in [0.5, 0.6) is 0 Å². The van der Waals surface area contributed by atoms with Crippen LogP contribution in [0.3, 0.4) is 0 Å². The fraction of sp³-hybridized carbons (Fsp3) is 0.538. The van der Waals surface area contributed by atoms with Gasteiger partial charge in [-0.15, -0.1) is 11.6 Å². The van der Waals surface area contributed by atoms with Crippen LogP contribution in [-0.4, -0.2) is 20.3 Å². The summed E-state index contributed by atoms with van der Waals surface area (Å²) in [4.78, 5) is 0.263. The van der Waals surface area contributed by atoms with Gasteiger partial charge in [-0.25, -0.2) is 13.1 Å². The molecule has 0 aromatic heterocycles. The maximum Gasteiger partial charge on any atom is 0.240 e. The molecule has 0 heterocycles. The van der Waals surface area contributed by atoms with Gasteiger partial charge in [0, 0.05) is 16.4 Å². The predicted octanol–water partition coefficient (Wildman–Crippen LogP) is 3.77. The van der Waals surface area contributed by atoms with E-state index in [4.69, 9.17) is 11.6 Å². The van der Waals surface area contributed by atoms with Gasteiger partial charge in [0.1, 0.15) is 0 Å². The fourth-order valence-corrected chi connectivity index (χ4v) is 3.61. The minimum Gasteiger partial charge on any atom is -0.208 e. The second-order valence-corrected chi connectivity index (χ2v) is 8.48. The molecule has 1 atom stereocenters. The summed E-state index contributed by atoms with van der Waals surface area (Å²) in [6.45, 7) is 5.98. The summed E-state index contributed by atoms with van der Waals surface area (Å²) in [7, 11) is -3.51. The molecule has 0 aliphatic rings. The minimum absolute atomic E-state index is 0.183. The monoisotopic (exact) mass is 367 g/mol. The number of nitrogens with one attached hydrogen (secondary N) is 1. The highest BCUT2D eigenvalue weighted by atomic mass is 79.9. The number of hydrogen-bond acceptors (Lipinski definition) is 2. The Morgan fingerprint density at radius 3 is 2.21 bits per heavy atom. The van der Waals surface area contributed by atoms with E-state index in [1.54, 1.807) is 24.3 Å². The van der Waals surface area contributed by atoms with Crippen LogP contribution in [-0.2, 0) is 10.0 Å². The van der Waals surface area contributed by atoms with Crippen molar-refractivity contribution in [3.05, 3.63) is 28.7 Å². The molecule has 19 heavy (non-hydrogen) atoms. The quantitative estimate of drug-likeness (QED) is 0.804. The number of halogens is 2. The predicted molar refractivity (Wildman–Crippen MR) is 83.0 cm³/mol. The first-order chi connectivity index (χ1) is 8.66. The number of alkyl halides is 1. The first kappa shape index (κ1) is 17.0. The molecule has 0 fully saturated rings. The van der Waals surface area contributed by atoms with Gasteiger partial charge in [0.15, 0.2) is 0 Å². The van der Waals surface area contributed by atoms with Crippen molar-refractivity contribution in [2.24, 2.45) is 5.41 Å². The summed E-state index contributed by atoms with van der Waals surface area (Å²) in [6.07, 6.45) is 0.598.